The Morgan fingerprint density at radius 1 is 1.44 bits per heavy atom. The number of H-pyrrole nitrogens is 1. The number of nitrogens with one attached hydrogen (secondary N) is 1. The first-order valence-electron chi connectivity index (χ1n) is 3.00. The Labute approximate surface area is 53.9 Å². The van der Waals surface area contributed by atoms with Crippen molar-refractivity contribution in [3.05, 3.63) is 16.8 Å². The van der Waals surface area contributed by atoms with Gasteiger partial charge >= 0.3 is 0 Å². The van der Waals surface area contributed by atoms with Gasteiger partial charge in [-0.1, -0.05) is 12.2 Å². The van der Waals surface area contributed by atoms with E-state index in [1.54, 1.807) is 0 Å². The number of rotatable bonds is 0. The van der Waals surface area contributed by atoms with E-state index in [1.165, 1.54) is 0 Å². The Morgan fingerprint density at radius 2 is 2.22 bits per heavy atom. The van der Waals surface area contributed by atoms with Gasteiger partial charge in [-0.15, -0.1) is 0 Å². The van der Waals surface area contributed by atoms with Gasteiger partial charge < -0.3 is 0 Å². The zero-order chi connectivity index (χ0) is 6.69. The topological polar surface area (TPSA) is 28.7 Å². The Kier molecular flexibility index (Phi) is 1.68. The largest absolute Gasteiger partial charge is 0.278 e. The SMILES string of the molecule is CC=c1cn[nH]c1=CC. The van der Waals surface area contributed by atoms with Gasteiger partial charge in [-0.2, -0.15) is 5.10 Å². The summed E-state index contributed by atoms with van der Waals surface area (Å²) >= 11 is 0. The molecular formula is C7H10N2. The minimum absolute atomic E-state index is 1.09. The fourth-order valence-corrected chi connectivity index (χ4v) is 0.767. The summed E-state index contributed by atoms with van der Waals surface area (Å²) in [6, 6.07) is 0. The first kappa shape index (κ1) is 6.08. The second-order valence-electron chi connectivity index (χ2n) is 1.82. The lowest BCUT2D eigenvalue weighted by Crippen LogP contribution is -2.20. The Bertz CT molecular complexity index is 254. The fraction of sp³-hybridized carbons (Fsp3) is 0.286. The molecule has 0 aliphatic carbocycles. The number of nitrogens with zero attached hydrogens (tertiary/aromatic N) is 1. The van der Waals surface area contributed by atoms with E-state index in [0.717, 1.165) is 10.6 Å². The van der Waals surface area contributed by atoms with Crippen LogP contribution in [-0.2, 0) is 0 Å². The van der Waals surface area contributed by atoms with Crippen molar-refractivity contribution in [2.24, 2.45) is 0 Å². The van der Waals surface area contributed by atoms with Crippen molar-refractivity contribution in [3.63, 3.8) is 0 Å². The van der Waals surface area contributed by atoms with Crippen molar-refractivity contribution < 1.29 is 0 Å². The molecule has 0 atom stereocenters. The molecule has 2 heteroatoms. The molecule has 1 aromatic heterocycles. The van der Waals surface area contributed by atoms with E-state index >= 15 is 0 Å². The molecule has 0 bridgehead atoms. The van der Waals surface area contributed by atoms with E-state index in [2.05, 4.69) is 10.2 Å². The van der Waals surface area contributed by atoms with Crippen LogP contribution in [0.25, 0.3) is 12.2 Å². The summed E-state index contributed by atoms with van der Waals surface area (Å²) in [6.07, 6.45) is 5.84. The van der Waals surface area contributed by atoms with E-state index in [1.807, 2.05) is 32.2 Å². The van der Waals surface area contributed by atoms with Crippen LogP contribution in [0.4, 0.5) is 0 Å². The Balaban J connectivity index is 3.50. The summed E-state index contributed by atoms with van der Waals surface area (Å²) < 4.78 is 0. The third-order valence-electron chi connectivity index (χ3n) is 1.30. The van der Waals surface area contributed by atoms with E-state index in [-0.39, 0.29) is 0 Å². The zero-order valence-electron chi connectivity index (χ0n) is 5.68. The van der Waals surface area contributed by atoms with Crippen molar-refractivity contribution in [3.8, 4) is 0 Å². The van der Waals surface area contributed by atoms with Crippen molar-refractivity contribution in [1.29, 1.82) is 0 Å². The highest BCUT2D eigenvalue weighted by Gasteiger charge is 1.79. The van der Waals surface area contributed by atoms with Gasteiger partial charge in [0.05, 0.1) is 11.5 Å². The van der Waals surface area contributed by atoms with Crippen LogP contribution in [0, 0.1) is 0 Å². The van der Waals surface area contributed by atoms with Crippen LogP contribution in [0.5, 0.6) is 0 Å². The van der Waals surface area contributed by atoms with Crippen LogP contribution in [0.2, 0.25) is 0 Å². The second-order valence-corrected chi connectivity index (χ2v) is 1.82. The number of hydrogen-bond acceptors (Lipinski definition) is 1. The molecule has 0 fully saturated rings. The standard InChI is InChI=1S/C7H10N2/c1-3-6-5-8-9-7(6)4-2/h3-5,9H,1-2H3. The van der Waals surface area contributed by atoms with E-state index < -0.39 is 0 Å². The summed E-state index contributed by atoms with van der Waals surface area (Å²) in [5, 5.41) is 9.01. The van der Waals surface area contributed by atoms with Gasteiger partial charge in [0.15, 0.2) is 0 Å². The highest BCUT2D eigenvalue weighted by atomic mass is 15.1. The molecule has 0 saturated heterocycles. The molecule has 1 aromatic rings. The van der Waals surface area contributed by atoms with Crippen LogP contribution < -0.4 is 10.6 Å². The van der Waals surface area contributed by atoms with Crippen LogP contribution in [0.1, 0.15) is 13.8 Å². The third-order valence-corrected chi connectivity index (χ3v) is 1.30. The summed E-state index contributed by atoms with van der Waals surface area (Å²) in [4.78, 5) is 0. The first-order chi connectivity index (χ1) is 4.38. The molecule has 0 aliphatic rings. The Morgan fingerprint density at radius 3 is 2.67 bits per heavy atom. The summed E-state index contributed by atoms with van der Waals surface area (Å²) in [7, 11) is 0. The first-order valence-corrected chi connectivity index (χ1v) is 3.00. The van der Waals surface area contributed by atoms with Crippen LogP contribution in [0.3, 0.4) is 0 Å². The van der Waals surface area contributed by atoms with Crippen molar-refractivity contribution in [2.75, 3.05) is 0 Å². The summed E-state index contributed by atoms with van der Waals surface area (Å²) in [5.74, 6) is 0. The Hall–Kier alpha value is -1.05. The number of aromatic nitrogens is 2. The molecule has 0 radical (unpaired) electrons. The molecule has 1 N–H and O–H groups in total. The molecule has 0 spiro atoms. The third kappa shape index (κ3) is 1.02. The molecule has 0 amide bonds. The average molecular weight is 122 g/mol. The maximum absolute atomic E-state index is 3.88. The maximum Gasteiger partial charge on any atom is 0.0604 e. The highest BCUT2D eigenvalue weighted by Crippen LogP contribution is 1.57. The van der Waals surface area contributed by atoms with Gasteiger partial charge in [-0.05, 0) is 13.8 Å². The van der Waals surface area contributed by atoms with Crippen molar-refractivity contribution >= 4 is 12.2 Å². The van der Waals surface area contributed by atoms with Gasteiger partial charge in [0.1, 0.15) is 0 Å². The minimum Gasteiger partial charge on any atom is -0.278 e. The van der Waals surface area contributed by atoms with Gasteiger partial charge in [-0.3, -0.25) is 5.10 Å². The molecule has 1 rings (SSSR count). The normalized spacial score (nSPS) is 14.9. The van der Waals surface area contributed by atoms with Crippen molar-refractivity contribution in [2.45, 2.75) is 13.8 Å². The molecule has 1 heterocycles. The lowest BCUT2D eigenvalue weighted by atomic mass is 10.4. The molecular weight excluding hydrogens is 112 g/mol. The van der Waals surface area contributed by atoms with E-state index in [9.17, 15) is 0 Å². The lowest BCUT2D eigenvalue weighted by molar-refractivity contribution is 1.06. The average Bonchev–Trinajstić information content (AvgIpc) is 2.33. The molecule has 9 heavy (non-hydrogen) atoms. The maximum atomic E-state index is 3.88. The minimum atomic E-state index is 1.09. The second kappa shape index (κ2) is 2.49. The van der Waals surface area contributed by atoms with Crippen LogP contribution in [-0.4, -0.2) is 10.2 Å². The van der Waals surface area contributed by atoms with Crippen LogP contribution in [0.15, 0.2) is 6.20 Å². The molecule has 0 aliphatic heterocycles. The molecule has 0 unspecified atom stereocenters. The zero-order valence-corrected chi connectivity index (χ0v) is 5.68. The van der Waals surface area contributed by atoms with E-state index in [4.69, 9.17) is 0 Å². The highest BCUT2D eigenvalue weighted by molar-refractivity contribution is 5.23. The quantitative estimate of drug-likeness (QED) is 0.516. The predicted octanol–water partition coefficient (Wildman–Crippen LogP) is 0.0105. The predicted molar refractivity (Wildman–Crippen MR) is 38.1 cm³/mol. The smallest absolute Gasteiger partial charge is 0.0604 e. The summed E-state index contributed by atoms with van der Waals surface area (Å²) in [5.41, 5.74) is 0. The monoisotopic (exact) mass is 122 g/mol. The molecule has 0 saturated carbocycles. The lowest BCUT2D eigenvalue weighted by Gasteiger charge is -1.70. The van der Waals surface area contributed by atoms with Crippen molar-refractivity contribution in [1.82, 2.24) is 10.2 Å². The van der Waals surface area contributed by atoms with Gasteiger partial charge in [0.2, 0.25) is 0 Å². The number of hydrogen-bond donors (Lipinski definition) is 1. The fourth-order valence-electron chi connectivity index (χ4n) is 0.767. The molecule has 2 nitrogen and oxygen atoms in total. The van der Waals surface area contributed by atoms with Gasteiger partial charge in [0.25, 0.3) is 0 Å². The van der Waals surface area contributed by atoms with Gasteiger partial charge in [-0.25, -0.2) is 0 Å². The summed E-state index contributed by atoms with van der Waals surface area (Å²) in [6.45, 7) is 3.98. The number of aromatic amines is 1. The van der Waals surface area contributed by atoms with E-state index in [0.29, 0.717) is 0 Å². The van der Waals surface area contributed by atoms with Crippen LogP contribution >= 0.6 is 0 Å². The molecule has 48 valence electrons. The molecule has 0 aromatic carbocycles. The van der Waals surface area contributed by atoms with Gasteiger partial charge in [0, 0.05) is 5.22 Å².